The second-order valence-electron chi connectivity index (χ2n) is 6.38. The fourth-order valence-corrected chi connectivity index (χ4v) is 1.97. The van der Waals surface area contributed by atoms with Crippen molar-refractivity contribution in [3.05, 3.63) is 23.8 Å². The molecule has 1 aromatic rings. The number of hydrogen-bond donors (Lipinski definition) is 3. The van der Waals surface area contributed by atoms with Gasteiger partial charge in [0.25, 0.3) is 0 Å². The molecular weight excluding hydrogens is 294 g/mol. The van der Waals surface area contributed by atoms with E-state index in [9.17, 15) is 9.59 Å². The lowest BCUT2D eigenvalue weighted by Gasteiger charge is -2.22. The van der Waals surface area contributed by atoms with Crippen LogP contribution in [-0.2, 0) is 9.53 Å². The number of carbonyl (C=O) groups is 2. The van der Waals surface area contributed by atoms with Gasteiger partial charge >= 0.3 is 6.09 Å². The zero-order valence-electron chi connectivity index (χ0n) is 14.7. The molecule has 0 aliphatic rings. The number of aryl methyl sites for hydroxylation is 1. The van der Waals surface area contributed by atoms with E-state index in [1.807, 2.05) is 32.0 Å². The van der Waals surface area contributed by atoms with Crippen LogP contribution >= 0.6 is 0 Å². The molecule has 0 unspecified atom stereocenters. The van der Waals surface area contributed by atoms with Crippen LogP contribution in [0.4, 0.5) is 16.2 Å². The van der Waals surface area contributed by atoms with Crippen molar-refractivity contribution >= 4 is 23.4 Å². The van der Waals surface area contributed by atoms with Gasteiger partial charge in [0, 0.05) is 6.54 Å². The molecule has 1 atom stereocenters. The van der Waals surface area contributed by atoms with Crippen molar-refractivity contribution in [2.75, 3.05) is 17.2 Å². The number of alkyl carbamates (subject to hydrolysis) is 1. The second kappa shape index (κ2) is 7.85. The van der Waals surface area contributed by atoms with Gasteiger partial charge in [-0.25, -0.2) is 4.79 Å². The number of anilines is 2. The zero-order chi connectivity index (χ0) is 17.6. The standard InChI is InChI=1S/C17H27N3O3/c1-7-18-14-11(2)9-8-10-13(14)20-15(21)12(3)19-16(22)23-17(4,5)6/h8-10,12,18H,7H2,1-6H3,(H,19,22)(H,20,21)/t12-/m0/s1. The Morgan fingerprint density at radius 2 is 1.91 bits per heavy atom. The number of hydrogen-bond acceptors (Lipinski definition) is 4. The molecule has 3 N–H and O–H groups in total. The summed E-state index contributed by atoms with van der Waals surface area (Å²) in [4.78, 5) is 24.0. The molecule has 1 aromatic carbocycles. The summed E-state index contributed by atoms with van der Waals surface area (Å²) < 4.78 is 5.15. The molecule has 0 saturated carbocycles. The van der Waals surface area contributed by atoms with E-state index in [1.165, 1.54) is 0 Å². The van der Waals surface area contributed by atoms with E-state index in [1.54, 1.807) is 27.7 Å². The molecule has 0 heterocycles. The first-order valence-electron chi connectivity index (χ1n) is 7.78. The third kappa shape index (κ3) is 6.18. The molecule has 0 aliphatic carbocycles. The minimum absolute atomic E-state index is 0.305. The molecule has 0 aliphatic heterocycles. The van der Waals surface area contributed by atoms with Gasteiger partial charge in [-0.05, 0) is 53.2 Å². The van der Waals surface area contributed by atoms with Crippen molar-refractivity contribution in [2.24, 2.45) is 0 Å². The van der Waals surface area contributed by atoms with E-state index < -0.39 is 17.7 Å². The Kier molecular flexibility index (Phi) is 6.42. The van der Waals surface area contributed by atoms with Crippen LogP contribution in [-0.4, -0.2) is 30.2 Å². The summed E-state index contributed by atoms with van der Waals surface area (Å²) in [5.74, 6) is -0.305. The van der Waals surface area contributed by atoms with Gasteiger partial charge in [0.2, 0.25) is 5.91 Å². The minimum Gasteiger partial charge on any atom is -0.444 e. The smallest absolute Gasteiger partial charge is 0.408 e. The lowest BCUT2D eigenvalue weighted by Crippen LogP contribution is -2.44. The number of benzene rings is 1. The highest BCUT2D eigenvalue weighted by Gasteiger charge is 2.21. The molecular formula is C17H27N3O3. The SMILES string of the molecule is CCNc1c(C)cccc1NC(=O)[C@H](C)NC(=O)OC(C)(C)C. The molecule has 23 heavy (non-hydrogen) atoms. The monoisotopic (exact) mass is 321 g/mol. The number of nitrogens with one attached hydrogen (secondary N) is 3. The Morgan fingerprint density at radius 3 is 2.48 bits per heavy atom. The maximum absolute atomic E-state index is 12.3. The average molecular weight is 321 g/mol. The van der Waals surface area contributed by atoms with Gasteiger partial charge < -0.3 is 20.7 Å². The van der Waals surface area contributed by atoms with E-state index in [4.69, 9.17) is 4.74 Å². The largest absolute Gasteiger partial charge is 0.444 e. The number of rotatable bonds is 5. The highest BCUT2D eigenvalue weighted by atomic mass is 16.6. The molecule has 0 radical (unpaired) electrons. The first kappa shape index (κ1) is 18.8. The third-order valence-corrected chi connectivity index (χ3v) is 3.01. The van der Waals surface area contributed by atoms with Gasteiger partial charge in [0.15, 0.2) is 0 Å². The van der Waals surface area contributed by atoms with Crippen molar-refractivity contribution in [1.29, 1.82) is 0 Å². The van der Waals surface area contributed by atoms with Gasteiger partial charge in [-0.1, -0.05) is 12.1 Å². The van der Waals surface area contributed by atoms with Crippen LogP contribution in [0.25, 0.3) is 0 Å². The van der Waals surface area contributed by atoms with Crippen molar-refractivity contribution in [3.63, 3.8) is 0 Å². The molecule has 6 heteroatoms. The van der Waals surface area contributed by atoms with Gasteiger partial charge in [0.05, 0.1) is 11.4 Å². The summed E-state index contributed by atoms with van der Waals surface area (Å²) in [7, 11) is 0. The van der Waals surface area contributed by atoms with Crippen LogP contribution in [0.3, 0.4) is 0 Å². The molecule has 2 amide bonds. The Morgan fingerprint density at radius 1 is 1.26 bits per heavy atom. The van der Waals surface area contributed by atoms with Crippen molar-refractivity contribution in [2.45, 2.75) is 53.2 Å². The quantitative estimate of drug-likeness (QED) is 0.777. The highest BCUT2D eigenvalue weighted by molar-refractivity contribution is 5.99. The second-order valence-corrected chi connectivity index (χ2v) is 6.38. The first-order valence-corrected chi connectivity index (χ1v) is 7.78. The third-order valence-electron chi connectivity index (χ3n) is 3.01. The van der Waals surface area contributed by atoms with Gasteiger partial charge in [-0.15, -0.1) is 0 Å². The Balaban J connectivity index is 2.72. The molecule has 0 fully saturated rings. The summed E-state index contributed by atoms with van der Waals surface area (Å²) in [5, 5.41) is 8.60. The van der Waals surface area contributed by atoms with Gasteiger partial charge in [-0.2, -0.15) is 0 Å². The fourth-order valence-electron chi connectivity index (χ4n) is 1.97. The average Bonchev–Trinajstić information content (AvgIpc) is 2.40. The van der Waals surface area contributed by atoms with Crippen LogP contribution in [0.15, 0.2) is 18.2 Å². The molecule has 0 spiro atoms. The Hall–Kier alpha value is -2.24. The molecule has 0 aromatic heterocycles. The van der Waals surface area contributed by atoms with E-state index in [2.05, 4.69) is 16.0 Å². The van der Waals surface area contributed by atoms with Crippen LogP contribution in [0.5, 0.6) is 0 Å². The maximum atomic E-state index is 12.3. The predicted octanol–water partition coefficient (Wildman–Crippen LogP) is 3.28. The van der Waals surface area contributed by atoms with Crippen molar-refractivity contribution in [1.82, 2.24) is 5.32 Å². The van der Waals surface area contributed by atoms with Gasteiger partial charge in [-0.3, -0.25) is 4.79 Å². The van der Waals surface area contributed by atoms with Crippen LogP contribution < -0.4 is 16.0 Å². The molecule has 128 valence electrons. The molecule has 0 saturated heterocycles. The van der Waals surface area contributed by atoms with Gasteiger partial charge in [0.1, 0.15) is 11.6 Å². The highest BCUT2D eigenvalue weighted by Crippen LogP contribution is 2.25. The fraction of sp³-hybridized carbons (Fsp3) is 0.529. The molecule has 6 nitrogen and oxygen atoms in total. The topological polar surface area (TPSA) is 79.5 Å². The molecule has 1 rings (SSSR count). The summed E-state index contributed by atoms with van der Waals surface area (Å²) >= 11 is 0. The lowest BCUT2D eigenvalue weighted by atomic mass is 10.1. The summed E-state index contributed by atoms with van der Waals surface area (Å²) in [6, 6.07) is 4.96. The maximum Gasteiger partial charge on any atom is 0.408 e. The van der Waals surface area contributed by atoms with Crippen LogP contribution in [0.1, 0.15) is 40.2 Å². The first-order chi connectivity index (χ1) is 10.6. The normalized spacial score (nSPS) is 12.3. The predicted molar refractivity (Wildman–Crippen MR) is 92.8 cm³/mol. The number of carbonyl (C=O) groups excluding carboxylic acids is 2. The number of ether oxygens (including phenoxy) is 1. The van der Waals surface area contributed by atoms with Crippen molar-refractivity contribution in [3.8, 4) is 0 Å². The number of amides is 2. The van der Waals surface area contributed by atoms with E-state index in [-0.39, 0.29) is 5.91 Å². The molecule has 0 bridgehead atoms. The number of para-hydroxylation sites is 1. The minimum atomic E-state index is -0.708. The van der Waals surface area contributed by atoms with E-state index >= 15 is 0 Å². The Labute approximate surface area is 138 Å². The Bertz CT molecular complexity index is 565. The van der Waals surface area contributed by atoms with E-state index in [0.29, 0.717) is 5.69 Å². The summed E-state index contributed by atoms with van der Waals surface area (Å²) in [6.07, 6.45) is -0.615. The van der Waals surface area contributed by atoms with Crippen molar-refractivity contribution < 1.29 is 14.3 Å². The summed E-state index contributed by atoms with van der Waals surface area (Å²) in [6.45, 7) is 11.6. The lowest BCUT2D eigenvalue weighted by molar-refractivity contribution is -0.117. The van der Waals surface area contributed by atoms with E-state index in [0.717, 1.165) is 17.8 Å². The summed E-state index contributed by atoms with van der Waals surface area (Å²) in [5.41, 5.74) is 2.01. The van der Waals surface area contributed by atoms with Crippen LogP contribution in [0, 0.1) is 6.92 Å². The zero-order valence-corrected chi connectivity index (χ0v) is 14.7. The van der Waals surface area contributed by atoms with Crippen LogP contribution in [0.2, 0.25) is 0 Å².